The van der Waals surface area contributed by atoms with Crippen molar-refractivity contribution >= 4 is 11.8 Å². The molecule has 0 amide bonds. The standard InChI is InChI=1S/C14H30N2S/c1-13(2,3)12-10-16(9-7-8-15-12)11-14(4,5)17-6/h12,15H,7-11H2,1-6H3. The van der Waals surface area contributed by atoms with Gasteiger partial charge in [0, 0.05) is 23.9 Å². The first-order valence-electron chi connectivity index (χ1n) is 6.75. The fourth-order valence-corrected chi connectivity index (χ4v) is 2.63. The molecule has 102 valence electrons. The van der Waals surface area contributed by atoms with Crippen molar-refractivity contribution in [2.24, 2.45) is 5.41 Å². The summed E-state index contributed by atoms with van der Waals surface area (Å²) < 4.78 is 0.368. The predicted octanol–water partition coefficient (Wildman–Crippen LogP) is 2.84. The number of hydrogen-bond acceptors (Lipinski definition) is 3. The molecule has 17 heavy (non-hydrogen) atoms. The highest BCUT2D eigenvalue weighted by molar-refractivity contribution is 7.99. The summed E-state index contributed by atoms with van der Waals surface area (Å²) in [6.45, 7) is 16.5. The van der Waals surface area contributed by atoms with Crippen LogP contribution in [-0.2, 0) is 0 Å². The van der Waals surface area contributed by atoms with Crippen molar-refractivity contribution in [1.82, 2.24) is 10.2 Å². The molecule has 0 bridgehead atoms. The fraction of sp³-hybridized carbons (Fsp3) is 1.00. The Balaban J connectivity index is 2.61. The van der Waals surface area contributed by atoms with E-state index in [0.29, 0.717) is 16.2 Å². The lowest BCUT2D eigenvalue weighted by molar-refractivity contribution is 0.189. The summed E-state index contributed by atoms with van der Waals surface area (Å²) in [5.41, 5.74) is 0.353. The molecule has 0 aromatic heterocycles. The molecule has 1 heterocycles. The van der Waals surface area contributed by atoms with Crippen LogP contribution in [-0.4, -0.2) is 48.1 Å². The molecule has 1 rings (SSSR count). The molecule has 0 aromatic rings. The molecule has 0 aromatic carbocycles. The second-order valence-electron chi connectivity index (χ2n) is 6.93. The Hall–Kier alpha value is 0.270. The normalized spacial score (nSPS) is 24.7. The van der Waals surface area contributed by atoms with Crippen molar-refractivity contribution in [2.45, 2.75) is 51.8 Å². The zero-order valence-electron chi connectivity index (χ0n) is 12.5. The van der Waals surface area contributed by atoms with Gasteiger partial charge in [-0.25, -0.2) is 0 Å². The smallest absolute Gasteiger partial charge is 0.0243 e. The third kappa shape index (κ3) is 5.19. The van der Waals surface area contributed by atoms with Crippen molar-refractivity contribution in [1.29, 1.82) is 0 Å². The zero-order valence-corrected chi connectivity index (χ0v) is 13.3. The van der Waals surface area contributed by atoms with E-state index in [-0.39, 0.29) is 0 Å². The van der Waals surface area contributed by atoms with Crippen LogP contribution in [0.25, 0.3) is 0 Å². The van der Waals surface area contributed by atoms with Gasteiger partial charge >= 0.3 is 0 Å². The molecule has 0 spiro atoms. The highest BCUT2D eigenvalue weighted by atomic mass is 32.2. The lowest BCUT2D eigenvalue weighted by Crippen LogP contribution is -2.48. The lowest BCUT2D eigenvalue weighted by atomic mass is 9.86. The fourth-order valence-electron chi connectivity index (χ4n) is 2.32. The second-order valence-corrected chi connectivity index (χ2v) is 8.44. The molecule has 0 aliphatic carbocycles. The summed E-state index contributed by atoms with van der Waals surface area (Å²) >= 11 is 1.97. The highest BCUT2D eigenvalue weighted by Gasteiger charge is 2.30. The Kier molecular flexibility index (Phi) is 5.36. The number of hydrogen-bond donors (Lipinski definition) is 1. The summed E-state index contributed by atoms with van der Waals surface area (Å²) in [6, 6.07) is 0.614. The largest absolute Gasteiger partial charge is 0.312 e. The Morgan fingerprint density at radius 3 is 2.41 bits per heavy atom. The Morgan fingerprint density at radius 1 is 1.24 bits per heavy atom. The maximum Gasteiger partial charge on any atom is 0.0243 e. The van der Waals surface area contributed by atoms with E-state index in [4.69, 9.17) is 0 Å². The van der Waals surface area contributed by atoms with Gasteiger partial charge in [-0.05, 0) is 45.0 Å². The van der Waals surface area contributed by atoms with Gasteiger partial charge < -0.3 is 10.2 Å². The van der Waals surface area contributed by atoms with Crippen LogP contribution in [0.4, 0.5) is 0 Å². The van der Waals surface area contributed by atoms with E-state index >= 15 is 0 Å². The van der Waals surface area contributed by atoms with E-state index in [1.807, 2.05) is 11.8 Å². The van der Waals surface area contributed by atoms with Gasteiger partial charge in [0.1, 0.15) is 0 Å². The molecule has 1 N–H and O–H groups in total. The third-order valence-corrected chi connectivity index (χ3v) is 4.92. The van der Waals surface area contributed by atoms with Crippen LogP contribution in [0, 0.1) is 5.41 Å². The van der Waals surface area contributed by atoms with Gasteiger partial charge in [-0.15, -0.1) is 0 Å². The lowest BCUT2D eigenvalue weighted by Gasteiger charge is -2.36. The third-order valence-electron chi connectivity index (χ3n) is 3.68. The van der Waals surface area contributed by atoms with Crippen LogP contribution < -0.4 is 5.32 Å². The summed E-state index contributed by atoms with van der Waals surface area (Å²) in [5, 5.41) is 3.71. The van der Waals surface area contributed by atoms with Crippen molar-refractivity contribution in [2.75, 3.05) is 32.4 Å². The number of nitrogens with zero attached hydrogens (tertiary/aromatic N) is 1. The SMILES string of the molecule is CSC(C)(C)CN1CCCNC(C(C)(C)C)C1. The molecule has 1 saturated heterocycles. The van der Waals surface area contributed by atoms with Crippen molar-refractivity contribution in [3.8, 4) is 0 Å². The number of nitrogens with one attached hydrogen (secondary N) is 1. The quantitative estimate of drug-likeness (QED) is 0.838. The minimum absolute atomic E-state index is 0.353. The van der Waals surface area contributed by atoms with Crippen molar-refractivity contribution in [3.63, 3.8) is 0 Å². The molecule has 1 atom stereocenters. The molecule has 1 fully saturated rings. The van der Waals surface area contributed by atoms with Gasteiger partial charge in [0.2, 0.25) is 0 Å². The van der Waals surface area contributed by atoms with Gasteiger partial charge in [0.15, 0.2) is 0 Å². The molecular formula is C14H30N2S. The molecule has 2 nitrogen and oxygen atoms in total. The number of thioether (sulfide) groups is 1. The minimum atomic E-state index is 0.353. The minimum Gasteiger partial charge on any atom is -0.312 e. The average molecular weight is 258 g/mol. The average Bonchev–Trinajstić information content (AvgIpc) is 2.42. The first kappa shape index (κ1) is 15.3. The van der Waals surface area contributed by atoms with Gasteiger partial charge in [0.25, 0.3) is 0 Å². The van der Waals surface area contributed by atoms with E-state index in [0.717, 1.165) is 6.54 Å². The summed E-state index contributed by atoms with van der Waals surface area (Å²) in [5.74, 6) is 0. The van der Waals surface area contributed by atoms with Gasteiger partial charge in [-0.3, -0.25) is 0 Å². The predicted molar refractivity (Wildman–Crippen MR) is 79.9 cm³/mol. The number of rotatable bonds is 3. The summed E-state index contributed by atoms with van der Waals surface area (Å²) in [4.78, 5) is 2.65. The highest BCUT2D eigenvalue weighted by Crippen LogP contribution is 2.26. The monoisotopic (exact) mass is 258 g/mol. The second kappa shape index (κ2) is 5.94. The molecular weight excluding hydrogens is 228 g/mol. The van der Waals surface area contributed by atoms with Crippen LogP contribution >= 0.6 is 11.8 Å². The van der Waals surface area contributed by atoms with E-state index in [9.17, 15) is 0 Å². The van der Waals surface area contributed by atoms with Crippen LogP contribution in [0.3, 0.4) is 0 Å². The molecule has 3 heteroatoms. The maximum absolute atomic E-state index is 3.71. The molecule has 1 aliphatic heterocycles. The van der Waals surface area contributed by atoms with E-state index in [1.165, 1.54) is 26.1 Å². The Labute approximate surface area is 112 Å². The van der Waals surface area contributed by atoms with E-state index in [2.05, 4.69) is 51.1 Å². The topological polar surface area (TPSA) is 15.3 Å². The van der Waals surface area contributed by atoms with Gasteiger partial charge in [-0.2, -0.15) is 11.8 Å². The molecule has 1 aliphatic rings. The summed E-state index contributed by atoms with van der Waals surface area (Å²) in [7, 11) is 0. The molecule has 1 unspecified atom stereocenters. The Bertz CT molecular complexity index is 233. The van der Waals surface area contributed by atoms with Gasteiger partial charge in [-0.1, -0.05) is 20.8 Å². The van der Waals surface area contributed by atoms with Crippen LogP contribution in [0.5, 0.6) is 0 Å². The first-order chi connectivity index (χ1) is 7.74. The Morgan fingerprint density at radius 2 is 1.88 bits per heavy atom. The van der Waals surface area contributed by atoms with Crippen molar-refractivity contribution in [3.05, 3.63) is 0 Å². The van der Waals surface area contributed by atoms with Gasteiger partial charge in [0.05, 0.1) is 0 Å². The molecule has 0 radical (unpaired) electrons. The first-order valence-corrected chi connectivity index (χ1v) is 7.98. The summed E-state index contributed by atoms with van der Waals surface area (Å²) in [6.07, 6.45) is 3.49. The zero-order chi connectivity index (χ0) is 13.1. The van der Waals surface area contributed by atoms with Crippen molar-refractivity contribution < 1.29 is 0 Å². The van der Waals surface area contributed by atoms with Crippen LogP contribution in [0.15, 0.2) is 0 Å². The maximum atomic E-state index is 3.71. The van der Waals surface area contributed by atoms with Crippen LogP contribution in [0.2, 0.25) is 0 Å². The van der Waals surface area contributed by atoms with Crippen LogP contribution in [0.1, 0.15) is 41.0 Å². The molecule has 0 saturated carbocycles. The van der Waals surface area contributed by atoms with E-state index < -0.39 is 0 Å². The van der Waals surface area contributed by atoms with E-state index in [1.54, 1.807) is 0 Å².